The normalized spacial score (nSPS) is 22.0. The van der Waals surface area contributed by atoms with Crippen LogP contribution in [-0.4, -0.2) is 89.6 Å². The molecule has 49 heavy (non-hydrogen) atoms. The quantitative estimate of drug-likeness (QED) is 0.0307. The first kappa shape index (κ1) is 45.7. The van der Waals surface area contributed by atoms with Crippen LogP contribution in [0.15, 0.2) is 24.3 Å². The van der Waals surface area contributed by atoms with E-state index in [1.807, 2.05) is 0 Å². The number of rotatable bonds is 33. The second kappa shape index (κ2) is 32.6. The number of hydrogen-bond acceptors (Lipinski definition) is 9. The Hall–Kier alpha value is -1.33. The van der Waals surface area contributed by atoms with Gasteiger partial charge in [0.15, 0.2) is 6.29 Å². The Kier molecular flexibility index (Phi) is 30.4. The second-order valence-corrected chi connectivity index (χ2v) is 13.7. The summed E-state index contributed by atoms with van der Waals surface area (Å²) in [5.74, 6) is -0.323. The van der Waals surface area contributed by atoms with Crippen LogP contribution in [0.25, 0.3) is 0 Å². The van der Waals surface area contributed by atoms with Crippen LogP contribution in [-0.2, 0) is 23.7 Å². The summed E-state index contributed by atoms with van der Waals surface area (Å²) in [6.45, 7) is 4.50. The van der Waals surface area contributed by atoms with Gasteiger partial charge in [0.2, 0.25) is 0 Å². The first-order chi connectivity index (χ1) is 23.9. The van der Waals surface area contributed by atoms with Crippen LogP contribution in [0.2, 0.25) is 0 Å². The number of unbranched alkanes of at least 4 members (excludes halogenated alkanes) is 18. The molecule has 9 heteroatoms. The largest absolute Gasteiger partial charge is 0.457 e. The fourth-order valence-corrected chi connectivity index (χ4v) is 5.93. The van der Waals surface area contributed by atoms with Gasteiger partial charge in [-0.05, 0) is 44.9 Å². The molecular weight excluding hydrogens is 624 g/mol. The van der Waals surface area contributed by atoms with Crippen molar-refractivity contribution in [3.05, 3.63) is 24.3 Å². The van der Waals surface area contributed by atoms with Crippen LogP contribution in [0.5, 0.6) is 0 Å². The molecule has 4 N–H and O–H groups in total. The van der Waals surface area contributed by atoms with E-state index >= 15 is 0 Å². The van der Waals surface area contributed by atoms with Gasteiger partial charge in [0.05, 0.1) is 19.8 Å². The van der Waals surface area contributed by atoms with Crippen LogP contribution >= 0.6 is 0 Å². The van der Waals surface area contributed by atoms with Gasteiger partial charge in [-0.3, -0.25) is 4.79 Å². The molecule has 0 aromatic rings. The average molecular weight is 699 g/mol. The summed E-state index contributed by atoms with van der Waals surface area (Å²) in [6.07, 6.45) is 27.8. The third-order valence-corrected chi connectivity index (χ3v) is 9.12. The Morgan fingerprint density at radius 2 is 1.18 bits per heavy atom. The topological polar surface area (TPSA) is 135 Å². The molecule has 6 unspecified atom stereocenters. The first-order valence-corrected chi connectivity index (χ1v) is 19.9. The molecule has 0 aromatic carbocycles. The van der Waals surface area contributed by atoms with Crippen LogP contribution in [0.1, 0.15) is 162 Å². The van der Waals surface area contributed by atoms with Gasteiger partial charge in [-0.1, -0.05) is 134 Å². The molecule has 0 saturated carbocycles. The van der Waals surface area contributed by atoms with Crippen LogP contribution in [0, 0.1) is 0 Å². The molecule has 288 valence electrons. The highest BCUT2D eigenvalue weighted by Gasteiger charge is 2.44. The Balaban J connectivity index is 2.27. The zero-order valence-electron chi connectivity index (χ0n) is 31.2. The van der Waals surface area contributed by atoms with Gasteiger partial charge in [0.1, 0.15) is 30.5 Å². The van der Waals surface area contributed by atoms with Gasteiger partial charge in [0.25, 0.3) is 0 Å². The maximum absolute atomic E-state index is 12.7. The summed E-state index contributed by atoms with van der Waals surface area (Å²) >= 11 is 0. The summed E-state index contributed by atoms with van der Waals surface area (Å²) in [5.41, 5.74) is 0. The van der Waals surface area contributed by atoms with Crippen molar-refractivity contribution in [3.8, 4) is 0 Å². The SMILES string of the molecule is CCCCCC/C=C\C/C=C\CCCCCCCCCC(=O)OC(COCCCCCCCCCC)COC1OC(CO)C(O)C(O)C1O. The standard InChI is InChI=1S/C40H74O9/c1-3-5-7-9-11-13-14-15-16-17-18-19-20-21-22-23-25-27-29-36(42)48-34(32-46-30-28-26-24-12-10-8-6-4-2)33-47-40-39(45)38(44)37(43)35(31-41)49-40/h13-14,16-17,34-35,37-41,43-45H,3-12,15,18-33H2,1-2H3/b14-13-,17-16-. The number of aliphatic hydroxyl groups excluding tert-OH is 4. The molecule has 1 rings (SSSR count). The lowest BCUT2D eigenvalue weighted by atomic mass is 9.99. The Morgan fingerprint density at radius 3 is 1.78 bits per heavy atom. The average Bonchev–Trinajstić information content (AvgIpc) is 3.10. The highest BCUT2D eigenvalue weighted by atomic mass is 16.7. The molecule has 6 atom stereocenters. The lowest BCUT2D eigenvalue weighted by Crippen LogP contribution is -2.59. The molecule has 0 bridgehead atoms. The lowest BCUT2D eigenvalue weighted by molar-refractivity contribution is -0.305. The monoisotopic (exact) mass is 699 g/mol. The van der Waals surface area contributed by atoms with Crippen LogP contribution in [0.4, 0.5) is 0 Å². The molecule has 0 aliphatic carbocycles. The van der Waals surface area contributed by atoms with Crippen molar-refractivity contribution < 1.29 is 44.2 Å². The number of ether oxygens (including phenoxy) is 4. The van der Waals surface area contributed by atoms with Crippen molar-refractivity contribution in [1.29, 1.82) is 0 Å². The highest BCUT2D eigenvalue weighted by Crippen LogP contribution is 2.22. The number of esters is 1. The van der Waals surface area contributed by atoms with E-state index in [-0.39, 0.29) is 19.2 Å². The molecular formula is C40H74O9. The van der Waals surface area contributed by atoms with Crippen LogP contribution in [0.3, 0.4) is 0 Å². The Bertz CT molecular complexity index is 803. The van der Waals surface area contributed by atoms with E-state index in [9.17, 15) is 25.2 Å². The van der Waals surface area contributed by atoms with Crippen molar-refractivity contribution in [2.75, 3.05) is 26.4 Å². The van der Waals surface area contributed by atoms with Gasteiger partial charge in [-0.25, -0.2) is 0 Å². The van der Waals surface area contributed by atoms with Crippen molar-refractivity contribution in [2.24, 2.45) is 0 Å². The summed E-state index contributed by atoms with van der Waals surface area (Å²) in [6, 6.07) is 0. The van der Waals surface area contributed by atoms with Crippen molar-refractivity contribution in [3.63, 3.8) is 0 Å². The fourth-order valence-electron chi connectivity index (χ4n) is 5.93. The van der Waals surface area contributed by atoms with E-state index < -0.39 is 43.4 Å². The van der Waals surface area contributed by atoms with Crippen LogP contribution < -0.4 is 0 Å². The van der Waals surface area contributed by atoms with E-state index in [0.717, 1.165) is 44.9 Å². The molecule has 0 aromatic heterocycles. The summed E-state index contributed by atoms with van der Waals surface area (Å²) in [4.78, 5) is 12.7. The summed E-state index contributed by atoms with van der Waals surface area (Å²) in [5, 5.41) is 39.9. The molecule has 0 radical (unpaired) electrons. The van der Waals surface area contributed by atoms with E-state index in [1.54, 1.807) is 0 Å². The third-order valence-electron chi connectivity index (χ3n) is 9.12. The van der Waals surface area contributed by atoms with Crippen molar-refractivity contribution in [2.45, 2.75) is 198 Å². The smallest absolute Gasteiger partial charge is 0.306 e. The predicted octanol–water partition coefficient (Wildman–Crippen LogP) is 7.86. The molecule has 0 amide bonds. The van der Waals surface area contributed by atoms with Gasteiger partial charge in [-0.2, -0.15) is 0 Å². The first-order valence-electron chi connectivity index (χ1n) is 19.9. The predicted molar refractivity (Wildman–Crippen MR) is 196 cm³/mol. The minimum absolute atomic E-state index is 0.114. The third kappa shape index (κ3) is 24.5. The van der Waals surface area contributed by atoms with Crippen molar-refractivity contribution >= 4 is 5.97 Å². The number of aliphatic hydroxyl groups is 4. The lowest BCUT2D eigenvalue weighted by Gasteiger charge is -2.39. The molecule has 1 aliphatic heterocycles. The molecule has 1 heterocycles. The zero-order valence-corrected chi connectivity index (χ0v) is 31.2. The number of carbonyl (C=O) groups is 1. The summed E-state index contributed by atoms with van der Waals surface area (Å²) in [7, 11) is 0. The van der Waals surface area contributed by atoms with Gasteiger partial charge >= 0.3 is 5.97 Å². The van der Waals surface area contributed by atoms with E-state index in [0.29, 0.717) is 13.0 Å². The molecule has 9 nitrogen and oxygen atoms in total. The number of hydrogen-bond donors (Lipinski definition) is 4. The maximum Gasteiger partial charge on any atom is 0.306 e. The molecule has 1 aliphatic rings. The van der Waals surface area contributed by atoms with Gasteiger partial charge in [-0.15, -0.1) is 0 Å². The highest BCUT2D eigenvalue weighted by molar-refractivity contribution is 5.69. The minimum Gasteiger partial charge on any atom is -0.457 e. The maximum atomic E-state index is 12.7. The number of allylic oxidation sites excluding steroid dienone is 4. The zero-order chi connectivity index (χ0) is 35.8. The van der Waals surface area contributed by atoms with E-state index in [4.69, 9.17) is 18.9 Å². The second-order valence-electron chi connectivity index (χ2n) is 13.7. The van der Waals surface area contributed by atoms with E-state index in [2.05, 4.69) is 38.2 Å². The van der Waals surface area contributed by atoms with Gasteiger partial charge < -0.3 is 39.4 Å². The summed E-state index contributed by atoms with van der Waals surface area (Å²) < 4.78 is 22.6. The van der Waals surface area contributed by atoms with Crippen molar-refractivity contribution in [1.82, 2.24) is 0 Å². The van der Waals surface area contributed by atoms with Gasteiger partial charge in [0, 0.05) is 13.0 Å². The molecule has 1 saturated heterocycles. The Morgan fingerprint density at radius 1 is 0.653 bits per heavy atom. The minimum atomic E-state index is -1.53. The molecule has 0 spiro atoms. The fraction of sp³-hybridized carbons (Fsp3) is 0.875. The van der Waals surface area contributed by atoms with E-state index in [1.165, 1.54) is 96.3 Å². The number of carbonyl (C=O) groups excluding carboxylic acids is 1. The molecule has 1 fully saturated rings. The Labute approximate surface area is 298 Å².